The van der Waals surface area contributed by atoms with Gasteiger partial charge in [0, 0.05) is 17.3 Å². The zero-order valence-corrected chi connectivity index (χ0v) is 17.6. The van der Waals surface area contributed by atoms with Crippen LogP contribution in [-0.2, 0) is 4.79 Å². The summed E-state index contributed by atoms with van der Waals surface area (Å²) in [4.78, 5) is 24.7. The van der Waals surface area contributed by atoms with Gasteiger partial charge in [0.15, 0.2) is 6.61 Å². The Morgan fingerprint density at radius 3 is 2.19 bits per heavy atom. The van der Waals surface area contributed by atoms with E-state index < -0.39 is 0 Å². The SMILES string of the molecule is COc1ccc(OC)c(NC(=O)COc2ccc(C(=O)Nc3ccccc3C)cc2)c1. The molecule has 0 aliphatic rings. The van der Waals surface area contributed by atoms with E-state index >= 15 is 0 Å². The maximum atomic E-state index is 12.4. The predicted octanol–water partition coefficient (Wildman–Crippen LogP) is 4.28. The number of ether oxygens (including phenoxy) is 3. The number of rotatable bonds is 8. The Balaban J connectivity index is 1.56. The zero-order valence-electron chi connectivity index (χ0n) is 17.6. The second-order valence-corrected chi connectivity index (χ2v) is 6.70. The normalized spacial score (nSPS) is 10.2. The first-order chi connectivity index (χ1) is 15.0. The largest absolute Gasteiger partial charge is 0.497 e. The van der Waals surface area contributed by atoms with Crippen molar-refractivity contribution >= 4 is 23.2 Å². The molecule has 7 heteroatoms. The van der Waals surface area contributed by atoms with Crippen LogP contribution in [-0.4, -0.2) is 32.6 Å². The number of amides is 2. The smallest absolute Gasteiger partial charge is 0.262 e. The van der Waals surface area contributed by atoms with Gasteiger partial charge in [0.05, 0.1) is 19.9 Å². The summed E-state index contributed by atoms with van der Waals surface area (Å²) >= 11 is 0. The Hall–Kier alpha value is -4.00. The summed E-state index contributed by atoms with van der Waals surface area (Å²) < 4.78 is 15.9. The summed E-state index contributed by atoms with van der Waals surface area (Å²) in [6.45, 7) is 1.73. The fourth-order valence-electron chi connectivity index (χ4n) is 2.86. The van der Waals surface area contributed by atoms with Gasteiger partial charge in [-0.3, -0.25) is 9.59 Å². The first-order valence-electron chi connectivity index (χ1n) is 9.62. The molecule has 0 fully saturated rings. The number of aryl methyl sites for hydroxylation is 1. The molecule has 7 nitrogen and oxygen atoms in total. The summed E-state index contributed by atoms with van der Waals surface area (Å²) in [5, 5.41) is 5.61. The number of para-hydroxylation sites is 1. The minimum atomic E-state index is -0.354. The average Bonchev–Trinajstić information content (AvgIpc) is 2.79. The van der Waals surface area contributed by atoms with Gasteiger partial charge in [0.2, 0.25) is 0 Å². The second-order valence-electron chi connectivity index (χ2n) is 6.70. The summed E-state index contributed by atoms with van der Waals surface area (Å²) in [6.07, 6.45) is 0. The fourth-order valence-corrected chi connectivity index (χ4v) is 2.86. The number of nitrogens with one attached hydrogen (secondary N) is 2. The number of carbonyl (C=O) groups is 2. The van der Waals surface area contributed by atoms with Crippen LogP contribution in [0, 0.1) is 6.92 Å². The zero-order chi connectivity index (χ0) is 22.2. The highest BCUT2D eigenvalue weighted by molar-refractivity contribution is 6.04. The molecule has 0 unspecified atom stereocenters. The van der Waals surface area contributed by atoms with Crippen LogP contribution in [0.5, 0.6) is 17.2 Å². The van der Waals surface area contributed by atoms with Crippen molar-refractivity contribution in [3.63, 3.8) is 0 Å². The molecule has 0 atom stereocenters. The van der Waals surface area contributed by atoms with Crippen molar-refractivity contribution in [3.8, 4) is 17.2 Å². The first kappa shape index (κ1) is 21.7. The Bertz CT molecular complexity index is 1060. The van der Waals surface area contributed by atoms with E-state index in [4.69, 9.17) is 14.2 Å². The molecule has 0 aliphatic carbocycles. The van der Waals surface area contributed by atoms with Gasteiger partial charge in [0.1, 0.15) is 17.2 Å². The molecular formula is C24H24N2O5. The van der Waals surface area contributed by atoms with E-state index in [1.807, 2.05) is 31.2 Å². The third kappa shape index (κ3) is 5.76. The van der Waals surface area contributed by atoms with E-state index in [-0.39, 0.29) is 18.4 Å². The van der Waals surface area contributed by atoms with Crippen molar-refractivity contribution in [1.29, 1.82) is 0 Å². The Labute approximate surface area is 180 Å². The highest BCUT2D eigenvalue weighted by Gasteiger charge is 2.11. The van der Waals surface area contributed by atoms with Crippen molar-refractivity contribution in [3.05, 3.63) is 77.9 Å². The topological polar surface area (TPSA) is 85.9 Å². The van der Waals surface area contributed by atoms with Crippen LogP contribution in [0.1, 0.15) is 15.9 Å². The van der Waals surface area contributed by atoms with Crippen molar-refractivity contribution in [2.75, 3.05) is 31.5 Å². The third-order valence-corrected chi connectivity index (χ3v) is 4.56. The molecule has 0 saturated heterocycles. The van der Waals surface area contributed by atoms with Crippen molar-refractivity contribution < 1.29 is 23.8 Å². The third-order valence-electron chi connectivity index (χ3n) is 4.56. The van der Waals surface area contributed by atoms with Crippen molar-refractivity contribution in [2.45, 2.75) is 6.92 Å². The summed E-state index contributed by atoms with van der Waals surface area (Å²) in [5.41, 5.74) is 2.71. The van der Waals surface area contributed by atoms with Crippen LogP contribution in [0.4, 0.5) is 11.4 Å². The fraction of sp³-hybridized carbons (Fsp3) is 0.167. The molecule has 0 radical (unpaired) electrons. The maximum absolute atomic E-state index is 12.4. The molecule has 3 aromatic carbocycles. The number of benzene rings is 3. The number of carbonyl (C=O) groups excluding carboxylic acids is 2. The Morgan fingerprint density at radius 1 is 0.806 bits per heavy atom. The van der Waals surface area contributed by atoms with Crippen LogP contribution in [0.15, 0.2) is 66.7 Å². The molecule has 31 heavy (non-hydrogen) atoms. The summed E-state index contributed by atoms with van der Waals surface area (Å²) in [6, 6.07) is 19.2. The number of hydrogen-bond donors (Lipinski definition) is 2. The van der Waals surface area contributed by atoms with Crippen LogP contribution in [0.25, 0.3) is 0 Å². The molecule has 2 amide bonds. The summed E-state index contributed by atoms with van der Waals surface area (Å²) in [7, 11) is 3.06. The van der Waals surface area contributed by atoms with E-state index in [1.165, 1.54) is 7.11 Å². The number of methoxy groups -OCH3 is 2. The minimum absolute atomic E-state index is 0.199. The average molecular weight is 420 g/mol. The molecule has 2 N–H and O–H groups in total. The highest BCUT2D eigenvalue weighted by Crippen LogP contribution is 2.28. The van der Waals surface area contributed by atoms with Gasteiger partial charge in [-0.1, -0.05) is 18.2 Å². The van der Waals surface area contributed by atoms with Gasteiger partial charge in [0.25, 0.3) is 11.8 Å². The molecule has 0 spiro atoms. The van der Waals surface area contributed by atoms with Gasteiger partial charge in [-0.05, 0) is 55.0 Å². The van der Waals surface area contributed by atoms with E-state index in [0.717, 1.165) is 11.3 Å². The number of anilines is 2. The standard InChI is InChI=1S/C24H24N2O5/c1-16-6-4-5-7-20(16)26-24(28)17-8-10-18(11-9-17)31-15-23(27)25-21-14-19(29-2)12-13-22(21)30-3/h4-14H,15H2,1-3H3,(H,25,27)(H,26,28). The van der Waals surface area contributed by atoms with Crippen LogP contribution in [0.2, 0.25) is 0 Å². The lowest BCUT2D eigenvalue weighted by molar-refractivity contribution is -0.118. The predicted molar refractivity (Wildman–Crippen MR) is 119 cm³/mol. The van der Waals surface area contributed by atoms with Crippen molar-refractivity contribution in [1.82, 2.24) is 0 Å². The molecule has 0 aromatic heterocycles. The van der Waals surface area contributed by atoms with Gasteiger partial charge in [-0.25, -0.2) is 0 Å². The van der Waals surface area contributed by atoms with E-state index in [2.05, 4.69) is 10.6 Å². The van der Waals surface area contributed by atoms with Crippen LogP contribution < -0.4 is 24.8 Å². The van der Waals surface area contributed by atoms with Gasteiger partial charge >= 0.3 is 0 Å². The molecule has 0 aliphatic heterocycles. The highest BCUT2D eigenvalue weighted by atomic mass is 16.5. The monoisotopic (exact) mass is 420 g/mol. The Kier molecular flexibility index (Phi) is 7.11. The van der Waals surface area contributed by atoms with Crippen LogP contribution >= 0.6 is 0 Å². The van der Waals surface area contributed by atoms with Gasteiger partial charge in [-0.15, -0.1) is 0 Å². The lowest BCUT2D eigenvalue weighted by Gasteiger charge is -2.12. The molecule has 160 valence electrons. The second kappa shape index (κ2) is 10.2. The quantitative estimate of drug-likeness (QED) is 0.568. The molecule has 3 aromatic rings. The van der Waals surface area contributed by atoms with Gasteiger partial charge < -0.3 is 24.8 Å². The molecular weight excluding hydrogens is 396 g/mol. The molecule has 0 heterocycles. The van der Waals surface area contributed by atoms with E-state index in [9.17, 15) is 9.59 Å². The minimum Gasteiger partial charge on any atom is -0.497 e. The number of hydrogen-bond acceptors (Lipinski definition) is 5. The molecule has 3 rings (SSSR count). The lowest BCUT2D eigenvalue weighted by atomic mass is 10.1. The lowest BCUT2D eigenvalue weighted by Crippen LogP contribution is -2.20. The van der Waals surface area contributed by atoms with Crippen LogP contribution in [0.3, 0.4) is 0 Å². The van der Waals surface area contributed by atoms with Gasteiger partial charge in [-0.2, -0.15) is 0 Å². The molecule has 0 saturated carbocycles. The maximum Gasteiger partial charge on any atom is 0.262 e. The summed E-state index contributed by atoms with van der Waals surface area (Å²) in [5.74, 6) is 1.01. The van der Waals surface area contributed by atoms with Crippen molar-refractivity contribution in [2.24, 2.45) is 0 Å². The first-order valence-corrected chi connectivity index (χ1v) is 9.62. The Morgan fingerprint density at radius 2 is 1.52 bits per heavy atom. The van der Waals surface area contributed by atoms with E-state index in [0.29, 0.717) is 28.5 Å². The van der Waals surface area contributed by atoms with E-state index in [1.54, 1.807) is 49.6 Å². The molecule has 0 bridgehead atoms.